The highest BCUT2D eigenvalue weighted by molar-refractivity contribution is 7.15. The van der Waals surface area contributed by atoms with Gasteiger partial charge in [0.15, 0.2) is 5.13 Å². The van der Waals surface area contributed by atoms with E-state index in [0.29, 0.717) is 0 Å². The average Bonchev–Trinajstić information content (AvgIpc) is 2.81. The molecule has 3 rings (SSSR count). The van der Waals surface area contributed by atoms with Gasteiger partial charge in [-0.15, -0.1) is 23.7 Å². The van der Waals surface area contributed by atoms with E-state index in [-0.39, 0.29) is 24.2 Å². The molecule has 2 aliphatic rings. The summed E-state index contributed by atoms with van der Waals surface area (Å²) in [5, 5.41) is 7.14. The number of rotatable bonds is 2. The van der Waals surface area contributed by atoms with Crippen molar-refractivity contribution in [1.29, 1.82) is 0 Å². The molecule has 0 saturated carbocycles. The lowest BCUT2D eigenvalue weighted by atomic mass is 9.99. The highest BCUT2D eigenvalue weighted by Crippen LogP contribution is 2.29. The van der Waals surface area contributed by atoms with E-state index in [0.717, 1.165) is 43.9 Å². The topological polar surface area (TPSA) is 54.0 Å². The van der Waals surface area contributed by atoms with Crippen molar-refractivity contribution in [2.24, 2.45) is 5.92 Å². The second-order valence-electron chi connectivity index (χ2n) is 5.84. The number of aryl methyl sites for hydroxylation is 2. The van der Waals surface area contributed by atoms with Gasteiger partial charge in [0, 0.05) is 11.4 Å². The fourth-order valence-electron chi connectivity index (χ4n) is 3.04. The van der Waals surface area contributed by atoms with Crippen molar-refractivity contribution in [3.63, 3.8) is 0 Å². The van der Waals surface area contributed by atoms with Gasteiger partial charge in [-0.3, -0.25) is 4.79 Å². The first kappa shape index (κ1) is 16.7. The summed E-state index contributed by atoms with van der Waals surface area (Å²) in [6, 6.07) is 0. The SMILES string of the molecule is Cl.O=C(Nc1nc2c(s1)CCCCCC2)C1CCCNC1. The van der Waals surface area contributed by atoms with Gasteiger partial charge >= 0.3 is 0 Å². The maximum Gasteiger partial charge on any atom is 0.230 e. The number of hydrogen-bond donors (Lipinski definition) is 2. The van der Waals surface area contributed by atoms with E-state index in [1.807, 2.05) is 0 Å². The molecule has 0 radical (unpaired) electrons. The summed E-state index contributed by atoms with van der Waals surface area (Å²) in [5.74, 6) is 0.245. The van der Waals surface area contributed by atoms with Crippen LogP contribution in [0.5, 0.6) is 0 Å². The molecule has 1 atom stereocenters. The predicted molar refractivity (Wildman–Crippen MR) is 89.5 cm³/mol. The van der Waals surface area contributed by atoms with Gasteiger partial charge in [-0.2, -0.15) is 0 Å². The molecule has 0 spiro atoms. The Hall–Kier alpha value is -0.650. The molecular weight excluding hydrogens is 306 g/mol. The van der Waals surface area contributed by atoms with Crippen molar-refractivity contribution < 1.29 is 4.79 Å². The highest BCUT2D eigenvalue weighted by atomic mass is 35.5. The van der Waals surface area contributed by atoms with Gasteiger partial charge in [-0.1, -0.05) is 12.8 Å². The molecular formula is C15H24ClN3OS. The van der Waals surface area contributed by atoms with Crippen LogP contribution in [0.1, 0.15) is 49.1 Å². The molecule has 1 saturated heterocycles. The fourth-order valence-corrected chi connectivity index (χ4v) is 4.09. The molecule has 6 heteroatoms. The van der Waals surface area contributed by atoms with E-state index in [2.05, 4.69) is 15.6 Å². The third-order valence-electron chi connectivity index (χ3n) is 4.24. The Morgan fingerprint density at radius 2 is 2.00 bits per heavy atom. The number of halogens is 1. The summed E-state index contributed by atoms with van der Waals surface area (Å²) in [7, 11) is 0. The van der Waals surface area contributed by atoms with Gasteiger partial charge in [-0.25, -0.2) is 4.98 Å². The second kappa shape index (κ2) is 8.11. The van der Waals surface area contributed by atoms with Crippen LogP contribution in [0.4, 0.5) is 5.13 Å². The summed E-state index contributed by atoms with van der Waals surface area (Å²) in [6.07, 6.45) is 9.42. The molecule has 2 heterocycles. The van der Waals surface area contributed by atoms with Crippen LogP contribution in [-0.4, -0.2) is 24.0 Å². The van der Waals surface area contributed by atoms with Gasteiger partial charge in [0.05, 0.1) is 11.6 Å². The molecule has 2 N–H and O–H groups in total. The molecule has 21 heavy (non-hydrogen) atoms. The van der Waals surface area contributed by atoms with Crippen molar-refractivity contribution >= 4 is 34.8 Å². The van der Waals surface area contributed by atoms with Crippen LogP contribution in [-0.2, 0) is 17.6 Å². The Balaban J connectivity index is 0.00000161. The van der Waals surface area contributed by atoms with Crippen molar-refractivity contribution in [2.45, 2.75) is 51.4 Å². The number of carbonyl (C=O) groups is 1. The van der Waals surface area contributed by atoms with Crippen molar-refractivity contribution in [2.75, 3.05) is 18.4 Å². The first-order chi connectivity index (χ1) is 9.83. The summed E-state index contributed by atoms with van der Waals surface area (Å²) in [4.78, 5) is 18.3. The van der Waals surface area contributed by atoms with E-state index in [9.17, 15) is 4.79 Å². The molecule has 1 unspecified atom stereocenters. The Morgan fingerprint density at radius 1 is 1.19 bits per heavy atom. The molecule has 1 aliphatic carbocycles. The van der Waals surface area contributed by atoms with E-state index >= 15 is 0 Å². The monoisotopic (exact) mass is 329 g/mol. The predicted octanol–water partition coefficient (Wildman–Crippen LogP) is 3.16. The van der Waals surface area contributed by atoms with E-state index in [4.69, 9.17) is 0 Å². The van der Waals surface area contributed by atoms with Crippen LogP contribution < -0.4 is 10.6 Å². The molecule has 118 valence electrons. The van der Waals surface area contributed by atoms with E-state index < -0.39 is 0 Å². The van der Waals surface area contributed by atoms with Crippen LogP contribution in [0.2, 0.25) is 0 Å². The average molecular weight is 330 g/mol. The zero-order valence-electron chi connectivity index (χ0n) is 12.3. The normalized spacial score (nSPS) is 22.4. The minimum atomic E-state index is 0. The number of anilines is 1. The minimum absolute atomic E-state index is 0. The van der Waals surface area contributed by atoms with E-state index in [1.165, 1.54) is 36.3 Å². The number of aromatic nitrogens is 1. The lowest BCUT2D eigenvalue weighted by Gasteiger charge is -2.21. The molecule has 0 aromatic carbocycles. The van der Waals surface area contributed by atoms with Gasteiger partial charge in [0.25, 0.3) is 0 Å². The number of amides is 1. The Bertz CT molecular complexity index is 446. The Morgan fingerprint density at radius 3 is 2.76 bits per heavy atom. The van der Waals surface area contributed by atoms with Crippen molar-refractivity contribution in [3.8, 4) is 0 Å². The van der Waals surface area contributed by atoms with Crippen LogP contribution in [0.3, 0.4) is 0 Å². The fraction of sp³-hybridized carbons (Fsp3) is 0.733. The van der Waals surface area contributed by atoms with Crippen molar-refractivity contribution in [3.05, 3.63) is 10.6 Å². The smallest absolute Gasteiger partial charge is 0.230 e. The van der Waals surface area contributed by atoms with E-state index in [1.54, 1.807) is 11.3 Å². The van der Waals surface area contributed by atoms with Crippen LogP contribution in [0.15, 0.2) is 0 Å². The molecule has 1 aromatic rings. The molecule has 1 aliphatic heterocycles. The number of piperidine rings is 1. The number of carbonyl (C=O) groups excluding carboxylic acids is 1. The Kier molecular flexibility index (Phi) is 6.45. The van der Waals surface area contributed by atoms with Crippen LogP contribution in [0, 0.1) is 5.92 Å². The zero-order valence-corrected chi connectivity index (χ0v) is 14.0. The quantitative estimate of drug-likeness (QED) is 0.876. The summed E-state index contributed by atoms with van der Waals surface area (Å²) < 4.78 is 0. The first-order valence-electron chi connectivity index (χ1n) is 7.83. The molecule has 1 aromatic heterocycles. The molecule has 0 bridgehead atoms. The maximum atomic E-state index is 12.2. The number of nitrogens with zero attached hydrogens (tertiary/aromatic N) is 1. The van der Waals surface area contributed by atoms with Gasteiger partial charge in [0.1, 0.15) is 0 Å². The first-order valence-corrected chi connectivity index (χ1v) is 8.65. The lowest BCUT2D eigenvalue weighted by Crippen LogP contribution is -2.37. The summed E-state index contributed by atoms with van der Waals surface area (Å²) in [6.45, 7) is 1.84. The second-order valence-corrected chi connectivity index (χ2v) is 6.92. The number of hydrogen-bond acceptors (Lipinski definition) is 4. The van der Waals surface area contributed by atoms with Crippen molar-refractivity contribution in [1.82, 2.24) is 10.3 Å². The van der Waals surface area contributed by atoms with Crippen LogP contribution in [0.25, 0.3) is 0 Å². The minimum Gasteiger partial charge on any atom is -0.316 e. The van der Waals surface area contributed by atoms with Gasteiger partial charge < -0.3 is 10.6 Å². The Labute approximate surface area is 136 Å². The maximum absolute atomic E-state index is 12.2. The summed E-state index contributed by atoms with van der Waals surface area (Å²) in [5.41, 5.74) is 1.23. The standard InChI is InChI=1S/C15H23N3OS.ClH/c19-14(11-6-5-9-16-10-11)18-15-17-12-7-3-1-2-4-8-13(12)20-15;/h11,16H,1-10H2,(H,17,18,19);1H. The molecule has 4 nitrogen and oxygen atoms in total. The zero-order chi connectivity index (χ0) is 13.8. The third kappa shape index (κ3) is 4.41. The largest absolute Gasteiger partial charge is 0.316 e. The number of nitrogens with one attached hydrogen (secondary N) is 2. The number of thiazole rings is 1. The van der Waals surface area contributed by atoms with Gasteiger partial charge in [0.2, 0.25) is 5.91 Å². The molecule has 1 amide bonds. The third-order valence-corrected chi connectivity index (χ3v) is 5.32. The lowest BCUT2D eigenvalue weighted by molar-refractivity contribution is -0.120. The van der Waals surface area contributed by atoms with Gasteiger partial charge in [-0.05, 0) is 45.1 Å². The summed E-state index contributed by atoms with van der Waals surface area (Å²) >= 11 is 1.69. The van der Waals surface area contributed by atoms with Crippen LogP contribution >= 0.6 is 23.7 Å². The highest BCUT2D eigenvalue weighted by Gasteiger charge is 2.22. The molecule has 1 fully saturated rings. The number of fused-ring (bicyclic) bond motifs is 1.